The topological polar surface area (TPSA) is 136 Å². The highest BCUT2D eigenvalue weighted by molar-refractivity contribution is 5.14. The zero-order valence-corrected chi connectivity index (χ0v) is 20.9. The molecule has 2 aromatic rings. The summed E-state index contributed by atoms with van der Waals surface area (Å²) in [6.07, 6.45) is -10.7. The highest BCUT2D eigenvalue weighted by Gasteiger charge is 2.51. The fourth-order valence-electron chi connectivity index (χ4n) is 4.58. The minimum absolute atomic E-state index is 0.244. The Labute approximate surface area is 216 Å². The zero-order chi connectivity index (χ0) is 26.4. The summed E-state index contributed by atoms with van der Waals surface area (Å²) in [5, 5.41) is 40.5. The van der Waals surface area contributed by atoms with Crippen molar-refractivity contribution in [1.29, 1.82) is 0 Å². The number of hydrogen-bond acceptors (Lipinski definition) is 10. The van der Waals surface area contributed by atoms with Gasteiger partial charge in [0.25, 0.3) is 0 Å². The Morgan fingerprint density at radius 3 is 1.81 bits per heavy atom. The van der Waals surface area contributed by atoms with Gasteiger partial charge in [0.05, 0.1) is 25.9 Å². The van der Waals surface area contributed by atoms with Crippen molar-refractivity contribution in [3.05, 3.63) is 71.8 Å². The van der Waals surface area contributed by atoms with Crippen LogP contribution in [0.5, 0.6) is 0 Å². The van der Waals surface area contributed by atoms with Gasteiger partial charge < -0.3 is 48.8 Å². The van der Waals surface area contributed by atoms with Gasteiger partial charge in [-0.2, -0.15) is 0 Å². The maximum Gasteiger partial charge on any atom is 0.187 e. The van der Waals surface area contributed by atoms with Gasteiger partial charge in [-0.15, -0.1) is 0 Å². The molecular weight excluding hydrogens is 484 g/mol. The lowest BCUT2D eigenvalue weighted by molar-refractivity contribution is -0.361. The molecule has 2 fully saturated rings. The molecule has 2 saturated heterocycles. The van der Waals surface area contributed by atoms with Crippen molar-refractivity contribution < 1.29 is 48.8 Å². The SMILES string of the molecule is COC1OC(C)C(OC2OC(CO)C(O)C(O)C2O)C(OCc2ccccc2)C1OCc1ccccc1. The molecule has 10 heteroatoms. The molecule has 0 saturated carbocycles. The molecule has 0 amide bonds. The second-order valence-corrected chi connectivity index (χ2v) is 9.27. The zero-order valence-electron chi connectivity index (χ0n) is 20.9. The van der Waals surface area contributed by atoms with Crippen LogP contribution >= 0.6 is 0 Å². The Hall–Kier alpha value is -1.96. The minimum Gasteiger partial charge on any atom is -0.394 e. The molecule has 4 rings (SSSR count). The molecule has 2 aromatic carbocycles. The number of methoxy groups -OCH3 is 1. The maximum absolute atomic E-state index is 10.6. The molecule has 10 nitrogen and oxygen atoms in total. The van der Waals surface area contributed by atoms with Crippen molar-refractivity contribution in [2.24, 2.45) is 0 Å². The first-order valence-electron chi connectivity index (χ1n) is 12.4. The van der Waals surface area contributed by atoms with Crippen molar-refractivity contribution in [2.45, 2.75) is 81.5 Å². The second-order valence-electron chi connectivity index (χ2n) is 9.27. The van der Waals surface area contributed by atoms with Crippen LogP contribution in [-0.2, 0) is 41.6 Å². The van der Waals surface area contributed by atoms with Crippen molar-refractivity contribution in [3.8, 4) is 0 Å². The third-order valence-electron chi connectivity index (χ3n) is 6.67. The van der Waals surface area contributed by atoms with E-state index in [1.54, 1.807) is 6.92 Å². The van der Waals surface area contributed by atoms with Crippen LogP contribution in [0.25, 0.3) is 0 Å². The van der Waals surface area contributed by atoms with Crippen molar-refractivity contribution in [1.82, 2.24) is 0 Å². The van der Waals surface area contributed by atoms with E-state index in [9.17, 15) is 20.4 Å². The molecule has 2 aliphatic heterocycles. The number of rotatable bonds is 10. The third-order valence-corrected chi connectivity index (χ3v) is 6.67. The Morgan fingerprint density at radius 2 is 1.27 bits per heavy atom. The summed E-state index contributed by atoms with van der Waals surface area (Å²) in [6.45, 7) is 1.71. The lowest BCUT2D eigenvalue weighted by Crippen LogP contribution is -2.64. The van der Waals surface area contributed by atoms with Gasteiger partial charge in [-0.05, 0) is 18.1 Å². The van der Waals surface area contributed by atoms with E-state index < -0.39 is 68.0 Å². The number of ether oxygens (including phenoxy) is 6. The fourth-order valence-corrected chi connectivity index (χ4v) is 4.58. The average molecular weight is 521 g/mol. The lowest BCUT2D eigenvalue weighted by Gasteiger charge is -2.47. The van der Waals surface area contributed by atoms with Crippen molar-refractivity contribution >= 4 is 0 Å². The summed E-state index contributed by atoms with van der Waals surface area (Å²) < 4.78 is 36.0. The first kappa shape index (κ1) is 28.1. The molecule has 0 bridgehead atoms. The van der Waals surface area contributed by atoms with Gasteiger partial charge in [0, 0.05) is 7.11 Å². The molecule has 37 heavy (non-hydrogen) atoms. The largest absolute Gasteiger partial charge is 0.394 e. The van der Waals surface area contributed by atoms with Gasteiger partial charge in [0.2, 0.25) is 0 Å². The van der Waals surface area contributed by atoms with Crippen molar-refractivity contribution in [2.75, 3.05) is 13.7 Å². The fraction of sp³-hybridized carbons (Fsp3) is 0.556. The first-order valence-corrected chi connectivity index (χ1v) is 12.4. The molecule has 204 valence electrons. The van der Waals surface area contributed by atoms with Crippen LogP contribution in [-0.4, -0.2) is 95.6 Å². The van der Waals surface area contributed by atoms with E-state index >= 15 is 0 Å². The molecule has 0 spiro atoms. The van der Waals surface area contributed by atoms with Crippen LogP contribution in [0.1, 0.15) is 18.1 Å². The first-order chi connectivity index (χ1) is 17.9. The van der Waals surface area contributed by atoms with Crippen molar-refractivity contribution in [3.63, 3.8) is 0 Å². The third kappa shape index (κ3) is 6.73. The summed E-state index contributed by atoms with van der Waals surface area (Å²) in [6, 6.07) is 19.2. The highest BCUT2D eigenvalue weighted by atomic mass is 16.7. The number of hydrogen-bond donors (Lipinski definition) is 4. The van der Waals surface area contributed by atoms with Gasteiger partial charge >= 0.3 is 0 Å². The molecule has 2 heterocycles. The molecule has 0 aliphatic carbocycles. The number of aliphatic hydroxyl groups is 4. The molecular formula is C27H36O10. The predicted molar refractivity (Wildman–Crippen MR) is 130 cm³/mol. The van der Waals surface area contributed by atoms with E-state index in [1.165, 1.54) is 7.11 Å². The summed E-state index contributed by atoms with van der Waals surface area (Å²) in [4.78, 5) is 0. The van der Waals surface area contributed by atoms with E-state index in [1.807, 2.05) is 60.7 Å². The predicted octanol–water partition coefficient (Wildman–Crippen LogP) is 0.734. The van der Waals surface area contributed by atoms with Gasteiger partial charge in [0.1, 0.15) is 42.7 Å². The van der Waals surface area contributed by atoms with Crippen LogP contribution in [0.2, 0.25) is 0 Å². The van der Waals surface area contributed by atoms with E-state index in [0.29, 0.717) is 0 Å². The molecule has 0 aromatic heterocycles. The Balaban J connectivity index is 1.58. The molecule has 0 radical (unpaired) electrons. The number of benzene rings is 2. The van der Waals surface area contributed by atoms with Crippen LogP contribution in [0.3, 0.4) is 0 Å². The summed E-state index contributed by atoms with van der Waals surface area (Å²) in [7, 11) is 1.52. The monoisotopic (exact) mass is 520 g/mol. The normalized spacial score (nSPS) is 36.4. The van der Waals surface area contributed by atoms with Crippen LogP contribution in [0, 0.1) is 0 Å². The standard InChI is InChI=1S/C27H36O10/c1-16-23(37-26-22(31)21(30)20(29)19(13-28)36-26)24(33-14-17-9-5-3-6-10-17)25(27(32-2)35-16)34-15-18-11-7-4-8-12-18/h3-12,16,19-31H,13-15H2,1-2H3. The van der Waals surface area contributed by atoms with Gasteiger partial charge in [-0.3, -0.25) is 0 Å². The molecule has 10 atom stereocenters. The molecule has 10 unspecified atom stereocenters. The average Bonchev–Trinajstić information content (AvgIpc) is 2.93. The van der Waals surface area contributed by atoms with E-state index in [0.717, 1.165) is 11.1 Å². The van der Waals surface area contributed by atoms with Crippen LogP contribution in [0.4, 0.5) is 0 Å². The smallest absolute Gasteiger partial charge is 0.187 e. The summed E-state index contributed by atoms with van der Waals surface area (Å²) >= 11 is 0. The Kier molecular flexibility index (Phi) is 10.0. The quantitative estimate of drug-likeness (QED) is 0.355. The summed E-state index contributed by atoms with van der Waals surface area (Å²) in [5.41, 5.74) is 1.88. The van der Waals surface area contributed by atoms with E-state index in [4.69, 9.17) is 28.4 Å². The maximum atomic E-state index is 10.6. The highest BCUT2D eigenvalue weighted by Crippen LogP contribution is 2.33. The minimum atomic E-state index is -1.57. The van der Waals surface area contributed by atoms with Crippen LogP contribution < -0.4 is 0 Å². The second kappa shape index (κ2) is 13.2. The number of aliphatic hydroxyl groups excluding tert-OH is 4. The van der Waals surface area contributed by atoms with Gasteiger partial charge in [0.15, 0.2) is 12.6 Å². The summed E-state index contributed by atoms with van der Waals surface area (Å²) in [5.74, 6) is 0. The Bertz CT molecular complexity index is 929. The Morgan fingerprint density at radius 1 is 0.703 bits per heavy atom. The van der Waals surface area contributed by atoms with Crippen LogP contribution in [0.15, 0.2) is 60.7 Å². The van der Waals surface area contributed by atoms with E-state index in [2.05, 4.69) is 0 Å². The molecule has 2 aliphatic rings. The van der Waals surface area contributed by atoms with E-state index in [-0.39, 0.29) is 13.2 Å². The van der Waals surface area contributed by atoms with Gasteiger partial charge in [-0.1, -0.05) is 60.7 Å². The molecule has 4 N–H and O–H groups in total. The van der Waals surface area contributed by atoms with Gasteiger partial charge in [-0.25, -0.2) is 0 Å². The lowest BCUT2D eigenvalue weighted by atomic mass is 9.97.